The molecule has 1 saturated heterocycles. The maximum atomic E-state index is 5.65. The van der Waals surface area contributed by atoms with E-state index in [-0.39, 0.29) is 5.60 Å². The molecule has 1 rings (SSSR count). The lowest BCUT2D eigenvalue weighted by atomic mass is 9.94. The first-order valence-electron chi connectivity index (χ1n) is 6.91. The van der Waals surface area contributed by atoms with Gasteiger partial charge in [-0.25, -0.2) is 0 Å². The van der Waals surface area contributed by atoms with Gasteiger partial charge in [0.2, 0.25) is 0 Å². The van der Waals surface area contributed by atoms with Gasteiger partial charge in [0.1, 0.15) is 0 Å². The van der Waals surface area contributed by atoms with Gasteiger partial charge in [0.25, 0.3) is 0 Å². The van der Waals surface area contributed by atoms with E-state index in [4.69, 9.17) is 9.47 Å². The molecule has 102 valence electrons. The molecule has 0 spiro atoms. The van der Waals surface area contributed by atoms with E-state index in [1.54, 1.807) is 7.11 Å². The van der Waals surface area contributed by atoms with Gasteiger partial charge in [-0.15, -0.1) is 0 Å². The van der Waals surface area contributed by atoms with Crippen LogP contribution in [0.2, 0.25) is 0 Å². The van der Waals surface area contributed by atoms with Gasteiger partial charge in [-0.1, -0.05) is 0 Å². The highest BCUT2D eigenvalue weighted by Crippen LogP contribution is 2.21. The van der Waals surface area contributed by atoms with Crippen LogP contribution in [0, 0.1) is 0 Å². The SMILES string of the molecule is CNC(CCCC1CCCO1)CC(C)(C)OC. The Morgan fingerprint density at radius 1 is 1.47 bits per heavy atom. The van der Waals surface area contributed by atoms with Gasteiger partial charge < -0.3 is 14.8 Å². The molecular formula is C14H29NO2. The molecule has 0 saturated carbocycles. The number of hydrogen-bond acceptors (Lipinski definition) is 3. The Labute approximate surface area is 106 Å². The zero-order chi connectivity index (χ0) is 12.7. The first-order chi connectivity index (χ1) is 8.07. The summed E-state index contributed by atoms with van der Waals surface area (Å²) in [4.78, 5) is 0. The number of rotatable bonds is 8. The van der Waals surface area contributed by atoms with Crippen molar-refractivity contribution in [1.82, 2.24) is 5.32 Å². The molecule has 1 fully saturated rings. The second-order valence-electron chi connectivity index (χ2n) is 5.72. The Bertz CT molecular complexity index is 200. The molecule has 1 aliphatic heterocycles. The van der Waals surface area contributed by atoms with Crippen molar-refractivity contribution in [1.29, 1.82) is 0 Å². The summed E-state index contributed by atoms with van der Waals surface area (Å²) >= 11 is 0. The van der Waals surface area contributed by atoms with Crippen molar-refractivity contribution in [3.63, 3.8) is 0 Å². The van der Waals surface area contributed by atoms with Crippen molar-refractivity contribution in [3.8, 4) is 0 Å². The smallest absolute Gasteiger partial charge is 0.0637 e. The monoisotopic (exact) mass is 243 g/mol. The Kier molecular flexibility index (Phi) is 6.45. The minimum Gasteiger partial charge on any atom is -0.379 e. The van der Waals surface area contributed by atoms with Gasteiger partial charge >= 0.3 is 0 Å². The summed E-state index contributed by atoms with van der Waals surface area (Å²) < 4.78 is 11.1. The zero-order valence-corrected chi connectivity index (χ0v) is 11.9. The summed E-state index contributed by atoms with van der Waals surface area (Å²) in [5.74, 6) is 0. The topological polar surface area (TPSA) is 30.5 Å². The van der Waals surface area contributed by atoms with E-state index in [9.17, 15) is 0 Å². The lowest BCUT2D eigenvalue weighted by Crippen LogP contribution is -2.35. The van der Waals surface area contributed by atoms with E-state index in [1.807, 2.05) is 7.05 Å². The predicted octanol–water partition coefficient (Wildman–Crippen LogP) is 2.74. The summed E-state index contributed by atoms with van der Waals surface area (Å²) in [7, 11) is 3.83. The number of nitrogens with one attached hydrogen (secondary N) is 1. The molecule has 0 aliphatic carbocycles. The molecule has 0 amide bonds. The van der Waals surface area contributed by atoms with Crippen LogP contribution in [-0.2, 0) is 9.47 Å². The van der Waals surface area contributed by atoms with Crippen LogP contribution in [0.15, 0.2) is 0 Å². The highest BCUT2D eigenvalue weighted by Gasteiger charge is 2.22. The molecule has 1 heterocycles. The van der Waals surface area contributed by atoms with Gasteiger partial charge in [-0.3, -0.25) is 0 Å². The van der Waals surface area contributed by atoms with E-state index in [2.05, 4.69) is 19.2 Å². The van der Waals surface area contributed by atoms with E-state index >= 15 is 0 Å². The first-order valence-corrected chi connectivity index (χ1v) is 6.91. The molecule has 3 heteroatoms. The van der Waals surface area contributed by atoms with Crippen LogP contribution in [0.25, 0.3) is 0 Å². The molecule has 0 aromatic rings. The van der Waals surface area contributed by atoms with Crippen LogP contribution in [-0.4, -0.2) is 38.5 Å². The van der Waals surface area contributed by atoms with Crippen molar-refractivity contribution in [2.75, 3.05) is 20.8 Å². The van der Waals surface area contributed by atoms with Crippen LogP contribution < -0.4 is 5.32 Å². The van der Waals surface area contributed by atoms with Crippen molar-refractivity contribution >= 4 is 0 Å². The summed E-state index contributed by atoms with van der Waals surface area (Å²) in [6.45, 7) is 5.27. The van der Waals surface area contributed by atoms with E-state index in [0.717, 1.165) is 13.0 Å². The summed E-state index contributed by atoms with van der Waals surface area (Å²) in [6.07, 6.45) is 7.77. The Morgan fingerprint density at radius 2 is 2.24 bits per heavy atom. The fraction of sp³-hybridized carbons (Fsp3) is 1.00. The van der Waals surface area contributed by atoms with Gasteiger partial charge in [-0.05, 0) is 59.4 Å². The van der Waals surface area contributed by atoms with Crippen molar-refractivity contribution in [2.24, 2.45) is 0 Å². The second-order valence-corrected chi connectivity index (χ2v) is 5.72. The van der Waals surface area contributed by atoms with Crippen LogP contribution >= 0.6 is 0 Å². The van der Waals surface area contributed by atoms with E-state index in [0.29, 0.717) is 12.1 Å². The highest BCUT2D eigenvalue weighted by atomic mass is 16.5. The fourth-order valence-corrected chi connectivity index (χ4v) is 2.49. The molecule has 0 aromatic carbocycles. The maximum absolute atomic E-state index is 5.65. The third-order valence-corrected chi connectivity index (χ3v) is 3.80. The number of methoxy groups -OCH3 is 1. The molecule has 0 aromatic heterocycles. The molecular weight excluding hydrogens is 214 g/mol. The average Bonchev–Trinajstić information content (AvgIpc) is 2.80. The van der Waals surface area contributed by atoms with Gasteiger partial charge in [0.15, 0.2) is 0 Å². The second kappa shape index (κ2) is 7.34. The summed E-state index contributed by atoms with van der Waals surface area (Å²) in [6, 6.07) is 0.548. The molecule has 2 atom stereocenters. The van der Waals surface area contributed by atoms with Crippen LogP contribution in [0.1, 0.15) is 52.4 Å². The third kappa shape index (κ3) is 5.84. The van der Waals surface area contributed by atoms with Gasteiger partial charge in [-0.2, -0.15) is 0 Å². The molecule has 17 heavy (non-hydrogen) atoms. The van der Waals surface area contributed by atoms with E-state index in [1.165, 1.54) is 32.1 Å². The Balaban J connectivity index is 2.17. The minimum atomic E-state index is -0.0302. The van der Waals surface area contributed by atoms with Gasteiger partial charge in [0.05, 0.1) is 11.7 Å². The lowest BCUT2D eigenvalue weighted by molar-refractivity contribution is 0.00646. The van der Waals surface area contributed by atoms with Crippen LogP contribution in [0.4, 0.5) is 0 Å². The predicted molar refractivity (Wildman–Crippen MR) is 71.4 cm³/mol. The third-order valence-electron chi connectivity index (χ3n) is 3.80. The van der Waals surface area contributed by atoms with E-state index < -0.39 is 0 Å². The lowest BCUT2D eigenvalue weighted by Gasteiger charge is -2.28. The highest BCUT2D eigenvalue weighted by molar-refractivity contribution is 4.78. The van der Waals surface area contributed by atoms with Crippen molar-refractivity contribution in [2.45, 2.75) is 70.1 Å². The van der Waals surface area contributed by atoms with Crippen LogP contribution in [0.5, 0.6) is 0 Å². The molecule has 1 aliphatic rings. The maximum Gasteiger partial charge on any atom is 0.0637 e. The fourth-order valence-electron chi connectivity index (χ4n) is 2.49. The first kappa shape index (κ1) is 14.9. The quantitative estimate of drug-likeness (QED) is 0.711. The molecule has 2 unspecified atom stereocenters. The Morgan fingerprint density at radius 3 is 2.76 bits per heavy atom. The number of hydrogen-bond donors (Lipinski definition) is 1. The molecule has 3 nitrogen and oxygen atoms in total. The normalized spacial score (nSPS) is 22.9. The largest absolute Gasteiger partial charge is 0.379 e. The summed E-state index contributed by atoms with van der Waals surface area (Å²) in [5.41, 5.74) is -0.0302. The minimum absolute atomic E-state index is 0.0302. The summed E-state index contributed by atoms with van der Waals surface area (Å²) in [5, 5.41) is 3.40. The standard InChI is InChI=1S/C14H29NO2/c1-14(2,16-4)11-12(15-3)7-5-8-13-9-6-10-17-13/h12-13,15H,5-11H2,1-4H3. The average molecular weight is 243 g/mol. The van der Waals surface area contributed by atoms with Crippen molar-refractivity contribution in [3.05, 3.63) is 0 Å². The van der Waals surface area contributed by atoms with Crippen molar-refractivity contribution < 1.29 is 9.47 Å². The van der Waals surface area contributed by atoms with Gasteiger partial charge in [0, 0.05) is 19.8 Å². The molecule has 0 bridgehead atoms. The zero-order valence-electron chi connectivity index (χ0n) is 11.9. The van der Waals surface area contributed by atoms with Crippen LogP contribution in [0.3, 0.4) is 0 Å². The number of ether oxygens (including phenoxy) is 2. The molecule has 1 N–H and O–H groups in total. The molecule has 0 radical (unpaired) electrons. The Hall–Kier alpha value is -0.120.